The molecule has 1 aromatic heterocycles. The Bertz CT molecular complexity index is 364. The van der Waals surface area contributed by atoms with E-state index in [9.17, 15) is 10.1 Å². The summed E-state index contributed by atoms with van der Waals surface area (Å²) in [6, 6.07) is 0. The van der Waals surface area contributed by atoms with Gasteiger partial charge in [0.2, 0.25) is 6.33 Å². The molecule has 0 saturated carbocycles. The molecule has 6 heteroatoms. The minimum absolute atomic E-state index is 0.0791. The van der Waals surface area contributed by atoms with Gasteiger partial charge in [-0.25, -0.2) is 0 Å². The van der Waals surface area contributed by atoms with Gasteiger partial charge in [-0.1, -0.05) is 13.8 Å². The number of nitro groups is 1. The molecule has 0 amide bonds. The van der Waals surface area contributed by atoms with Gasteiger partial charge in [0.1, 0.15) is 5.69 Å². The Balaban J connectivity index is 3.11. The van der Waals surface area contributed by atoms with E-state index in [4.69, 9.17) is 11.6 Å². The molecule has 0 aliphatic rings. The zero-order chi connectivity index (χ0) is 11.6. The Labute approximate surface area is 93.2 Å². The van der Waals surface area contributed by atoms with Gasteiger partial charge < -0.3 is 14.7 Å². The molecule has 0 spiro atoms. The highest BCUT2D eigenvalue weighted by atomic mass is 35.5. The number of aryl methyl sites for hydroxylation is 1. The van der Waals surface area contributed by atoms with E-state index in [1.165, 1.54) is 6.33 Å². The van der Waals surface area contributed by atoms with Crippen molar-refractivity contribution in [2.24, 2.45) is 7.05 Å². The average molecular weight is 232 g/mol. The summed E-state index contributed by atoms with van der Waals surface area (Å²) in [7, 11) is 1.74. The fraction of sp³-hybridized carbons (Fsp3) is 0.667. The maximum Gasteiger partial charge on any atom is 0.385 e. The topological polar surface area (TPSA) is 61.0 Å². The number of aromatic nitrogens is 2. The molecule has 0 radical (unpaired) electrons. The summed E-state index contributed by atoms with van der Waals surface area (Å²) in [6.45, 7) is 3.83. The van der Waals surface area contributed by atoms with Crippen LogP contribution in [0.3, 0.4) is 0 Å². The predicted octanol–water partition coefficient (Wildman–Crippen LogP) is 2.45. The van der Waals surface area contributed by atoms with Crippen molar-refractivity contribution in [1.29, 1.82) is 0 Å². The highest BCUT2D eigenvalue weighted by Gasteiger charge is 2.28. The second-order valence-electron chi connectivity index (χ2n) is 3.53. The molecule has 0 aromatic carbocycles. The van der Waals surface area contributed by atoms with Crippen LogP contribution in [0.15, 0.2) is 6.33 Å². The lowest BCUT2D eigenvalue weighted by molar-refractivity contribution is -0.390. The fourth-order valence-corrected chi connectivity index (χ4v) is 1.74. The van der Waals surface area contributed by atoms with Gasteiger partial charge in [0, 0.05) is 18.3 Å². The number of imidazole rings is 1. The van der Waals surface area contributed by atoms with Gasteiger partial charge in [-0.2, -0.15) is 0 Å². The van der Waals surface area contributed by atoms with Crippen LogP contribution in [0.2, 0.25) is 0 Å². The van der Waals surface area contributed by atoms with Crippen LogP contribution in [-0.2, 0) is 7.05 Å². The number of alkyl halides is 1. The lowest BCUT2D eigenvalue weighted by Gasteiger charge is -2.15. The molecule has 1 heterocycles. The third-order valence-corrected chi connectivity index (χ3v) is 3.19. The van der Waals surface area contributed by atoms with Gasteiger partial charge in [0.05, 0.1) is 0 Å². The first kappa shape index (κ1) is 12.0. The molecule has 0 saturated heterocycles. The summed E-state index contributed by atoms with van der Waals surface area (Å²) in [5.41, 5.74) is 0.585. The lowest BCUT2D eigenvalue weighted by Crippen LogP contribution is -2.13. The van der Waals surface area contributed by atoms with Gasteiger partial charge in [0.25, 0.3) is 0 Å². The molecule has 2 unspecified atom stereocenters. The van der Waals surface area contributed by atoms with Crippen LogP contribution >= 0.6 is 11.6 Å². The Morgan fingerprint density at radius 3 is 2.80 bits per heavy atom. The molecule has 1 rings (SSSR count). The van der Waals surface area contributed by atoms with Crippen molar-refractivity contribution in [3.8, 4) is 0 Å². The normalized spacial score (nSPS) is 14.9. The number of rotatable bonds is 4. The van der Waals surface area contributed by atoms with Gasteiger partial charge in [-0.05, 0) is 16.3 Å². The standard InChI is InChI=1S/C9H14ClN3O2/c1-4-7(10)6(2)8-9(13(14)15)11-5-12(8)3/h5-7H,4H2,1-3H3. The second-order valence-corrected chi connectivity index (χ2v) is 4.09. The Kier molecular flexibility index (Phi) is 3.68. The molecular formula is C9H14ClN3O2. The van der Waals surface area contributed by atoms with Gasteiger partial charge >= 0.3 is 5.82 Å². The van der Waals surface area contributed by atoms with E-state index in [2.05, 4.69) is 4.98 Å². The zero-order valence-corrected chi connectivity index (χ0v) is 9.73. The van der Waals surface area contributed by atoms with Gasteiger partial charge in [-0.15, -0.1) is 11.6 Å². The third-order valence-electron chi connectivity index (χ3n) is 2.50. The summed E-state index contributed by atoms with van der Waals surface area (Å²) in [5, 5.41) is 10.6. The molecular weight excluding hydrogens is 218 g/mol. The minimum Gasteiger partial charge on any atom is -0.358 e. The Hall–Kier alpha value is -1.10. The van der Waals surface area contributed by atoms with Gasteiger partial charge in [0.15, 0.2) is 0 Å². The van der Waals surface area contributed by atoms with Crippen molar-refractivity contribution in [2.45, 2.75) is 31.6 Å². The van der Waals surface area contributed by atoms with Crippen molar-refractivity contribution >= 4 is 17.4 Å². The summed E-state index contributed by atoms with van der Waals surface area (Å²) in [4.78, 5) is 14.0. The van der Waals surface area contributed by atoms with Crippen LogP contribution in [0.4, 0.5) is 5.82 Å². The predicted molar refractivity (Wildman–Crippen MR) is 58.2 cm³/mol. The van der Waals surface area contributed by atoms with E-state index in [1.807, 2.05) is 13.8 Å². The first-order valence-electron chi connectivity index (χ1n) is 4.78. The van der Waals surface area contributed by atoms with Crippen LogP contribution in [0, 0.1) is 10.1 Å². The number of nitrogens with zero attached hydrogens (tertiary/aromatic N) is 3. The maximum absolute atomic E-state index is 10.7. The fourth-order valence-electron chi connectivity index (χ4n) is 1.62. The SMILES string of the molecule is CCC(Cl)C(C)c1c([N+](=O)[O-])ncn1C. The zero-order valence-electron chi connectivity index (χ0n) is 8.98. The quantitative estimate of drug-likeness (QED) is 0.454. The van der Waals surface area contributed by atoms with E-state index in [0.29, 0.717) is 5.69 Å². The molecule has 0 aliphatic carbocycles. The van der Waals surface area contributed by atoms with Crippen LogP contribution in [0.25, 0.3) is 0 Å². The highest BCUT2D eigenvalue weighted by Crippen LogP contribution is 2.30. The third kappa shape index (κ3) is 2.28. The van der Waals surface area contributed by atoms with Crippen LogP contribution in [0.5, 0.6) is 0 Å². The molecule has 1 aromatic rings. The van der Waals surface area contributed by atoms with Crippen molar-refractivity contribution < 1.29 is 4.92 Å². The molecule has 84 valence electrons. The van der Waals surface area contributed by atoms with E-state index in [-0.39, 0.29) is 17.1 Å². The summed E-state index contributed by atoms with van der Waals surface area (Å²) >= 11 is 6.09. The molecule has 15 heavy (non-hydrogen) atoms. The average Bonchev–Trinajstić information content (AvgIpc) is 2.58. The Morgan fingerprint density at radius 1 is 1.73 bits per heavy atom. The molecule has 0 fully saturated rings. The van der Waals surface area contributed by atoms with Crippen LogP contribution in [-0.4, -0.2) is 19.9 Å². The van der Waals surface area contributed by atoms with E-state index in [1.54, 1.807) is 11.6 Å². The Morgan fingerprint density at radius 2 is 2.33 bits per heavy atom. The molecule has 0 N–H and O–H groups in total. The molecule has 5 nitrogen and oxygen atoms in total. The number of halogens is 1. The second kappa shape index (κ2) is 4.61. The van der Waals surface area contributed by atoms with E-state index in [0.717, 1.165) is 6.42 Å². The van der Waals surface area contributed by atoms with Gasteiger partial charge in [-0.3, -0.25) is 0 Å². The van der Waals surface area contributed by atoms with Crippen LogP contribution in [0.1, 0.15) is 31.9 Å². The van der Waals surface area contributed by atoms with Crippen molar-refractivity contribution in [3.63, 3.8) is 0 Å². The minimum atomic E-state index is -0.467. The summed E-state index contributed by atoms with van der Waals surface area (Å²) < 4.78 is 1.66. The highest BCUT2D eigenvalue weighted by molar-refractivity contribution is 6.21. The largest absolute Gasteiger partial charge is 0.385 e. The summed E-state index contributed by atoms with van der Waals surface area (Å²) in [6.07, 6.45) is 2.22. The smallest absolute Gasteiger partial charge is 0.358 e. The van der Waals surface area contributed by atoms with Crippen LogP contribution < -0.4 is 0 Å². The summed E-state index contributed by atoms with van der Waals surface area (Å²) in [5.74, 6) is -0.173. The van der Waals surface area contributed by atoms with Crippen molar-refractivity contribution in [2.75, 3.05) is 0 Å². The first-order valence-corrected chi connectivity index (χ1v) is 5.22. The maximum atomic E-state index is 10.7. The molecule has 0 aliphatic heterocycles. The number of hydrogen-bond donors (Lipinski definition) is 0. The monoisotopic (exact) mass is 231 g/mol. The lowest BCUT2D eigenvalue weighted by atomic mass is 10.0. The first-order chi connectivity index (χ1) is 6.99. The van der Waals surface area contributed by atoms with Crippen molar-refractivity contribution in [1.82, 2.24) is 9.55 Å². The van der Waals surface area contributed by atoms with E-state index >= 15 is 0 Å². The van der Waals surface area contributed by atoms with E-state index < -0.39 is 4.92 Å². The molecule has 2 atom stereocenters. The molecule has 0 bridgehead atoms. The van der Waals surface area contributed by atoms with Crippen molar-refractivity contribution in [3.05, 3.63) is 22.1 Å². The number of hydrogen-bond acceptors (Lipinski definition) is 3.